The second kappa shape index (κ2) is 13.4. The fraction of sp³-hybridized carbons (Fsp3) is 0.636. The highest BCUT2D eigenvalue weighted by molar-refractivity contribution is 7.88. The molecule has 1 aromatic carbocycles. The normalized spacial score (nSPS) is 11.5. The molecule has 0 heterocycles. The van der Waals surface area contributed by atoms with Crippen LogP contribution in [0.15, 0.2) is 24.3 Å². The maximum atomic E-state index is 12.3. The van der Waals surface area contributed by atoms with E-state index >= 15 is 0 Å². The third-order valence-corrected chi connectivity index (χ3v) is 6.01. The second-order valence-electron chi connectivity index (χ2n) is 7.81. The van der Waals surface area contributed by atoms with Gasteiger partial charge in [0.2, 0.25) is 21.8 Å². The van der Waals surface area contributed by atoms with Crippen molar-refractivity contribution >= 4 is 21.8 Å². The quantitative estimate of drug-likeness (QED) is 0.466. The number of rotatable bonds is 14. The summed E-state index contributed by atoms with van der Waals surface area (Å²) in [5.74, 6) is -0.172. The van der Waals surface area contributed by atoms with Crippen molar-refractivity contribution < 1.29 is 18.0 Å². The molecule has 0 aromatic heterocycles. The number of nitrogens with zero attached hydrogens (tertiary/aromatic N) is 1. The van der Waals surface area contributed by atoms with Gasteiger partial charge in [0, 0.05) is 38.5 Å². The molecule has 0 aliphatic heterocycles. The summed E-state index contributed by atoms with van der Waals surface area (Å²) in [6.45, 7) is 9.42. The summed E-state index contributed by atoms with van der Waals surface area (Å²) in [4.78, 5) is 26.3. The minimum atomic E-state index is -3.44. The topological polar surface area (TPSA) is 95.6 Å². The third kappa shape index (κ3) is 10.2. The summed E-state index contributed by atoms with van der Waals surface area (Å²) in [5.41, 5.74) is 1.43. The number of nitrogens with one attached hydrogen (secondary N) is 2. The number of carbonyl (C=O) groups is 2. The zero-order chi connectivity index (χ0) is 22.6. The van der Waals surface area contributed by atoms with Crippen LogP contribution in [0.1, 0.15) is 70.9 Å². The van der Waals surface area contributed by atoms with E-state index in [4.69, 9.17) is 0 Å². The number of benzene rings is 1. The molecule has 1 aromatic rings. The standard InChI is InChI=1S/C22H37N3O4S/c1-5-14-25(15-6-2)22(27)13-9-12-21(26)23-16-19-10-7-8-11-20(19)17-30(28,29)24-18(3)4/h7-8,10-11,18,24H,5-6,9,12-17H2,1-4H3,(H,23,26). The van der Waals surface area contributed by atoms with Crippen LogP contribution in [0.25, 0.3) is 0 Å². The largest absolute Gasteiger partial charge is 0.352 e. The Morgan fingerprint density at radius 3 is 2.17 bits per heavy atom. The van der Waals surface area contributed by atoms with Crippen molar-refractivity contribution in [2.24, 2.45) is 0 Å². The van der Waals surface area contributed by atoms with E-state index in [9.17, 15) is 18.0 Å². The van der Waals surface area contributed by atoms with Gasteiger partial charge in [-0.3, -0.25) is 9.59 Å². The zero-order valence-electron chi connectivity index (χ0n) is 18.7. The van der Waals surface area contributed by atoms with E-state index in [1.54, 1.807) is 26.0 Å². The van der Waals surface area contributed by atoms with Gasteiger partial charge in [-0.25, -0.2) is 13.1 Å². The molecular weight excluding hydrogens is 402 g/mol. The predicted octanol–water partition coefficient (Wildman–Crippen LogP) is 2.95. The van der Waals surface area contributed by atoms with Crippen LogP contribution in [0.3, 0.4) is 0 Å². The highest BCUT2D eigenvalue weighted by atomic mass is 32.2. The van der Waals surface area contributed by atoms with Gasteiger partial charge in [-0.15, -0.1) is 0 Å². The Morgan fingerprint density at radius 2 is 1.60 bits per heavy atom. The lowest BCUT2D eigenvalue weighted by molar-refractivity contribution is -0.131. The fourth-order valence-electron chi connectivity index (χ4n) is 3.22. The molecule has 0 fully saturated rings. The zero-order valence-corrected chi connectivity index (χ0v) is 19.6. The molecule has 0 bridgehead atoms. The van der Waals surface area contributed by atoms with Crippen LogP contribution < -0.4 is 10.0 Å². The van der Waals surface area contributed by atoms with E-state index in [1.165, 1.54) is 0 Å². The summed E-state index contributed by atoms with van der Waals surface area (Å²) >= 11 is 0. The molecule has 0 aliphatic carbocycles. The molecule has 8 heteroatoms. The molecule has 0 radical (unpaired) electrons. The van der Waals surface area contributed by atoms with Gasteiger partial charge in [0.25, 0.3) is 0 Å². The number of hydrogen-bond acceptors (Lipinski definition) is 4. The first-order valence-electron chi connectivity index (χ1n) is 10.8. The Kier molecular flexibility index (Phi) is 11.7. The van der Waals surface area contributed by atoms with Gasteiger partial charge >= 0.3 is 0 Å². The van der Waals surface area contributed by atoms with Gasteiger partial charge in [-0.1, -0.05) is 38.1 Å². The maximum absolute atomic E-state index is 12.3. The van der Waals surface area contributed by atoms with E-state index in [1.807, 2.05) is 30.9 Å². The van der Waals surface area contributed by atoms with E-state index in [-0.39, 0.29) is 36.6 Å². The number of hydrogen-bond donors (Lipinski definition) is 2. The SMILES string of the molecule is CCCN(CCC)C(=O)CCCC(=O)NCc1ccccc1CS(=O)(=O)NC(C)C. The van der Waals surface area contributed by atoms with Gasteiger partial charge in [0.05, 0.1) is 5.75 Å². The van der Waals surface area contributed by atoms with Gasteiger partial charge in [0.15, 0.2) is 0 Å². The summed E-state index contributed by atoms with van der Waals surface area (Å²) in [7, 11) is -3.44. The minimum Gasteiger partial charge on any atom is -0.352 e. The molecule has 170 valence electrons. The molecule has 0 saturated carbocycles. The predicted molar refractivity (Wildman–Crippen MR) is 120 cm³/mol. The van der Waals surface area contributed by atoms with E-state index in [2.05, 4.69) is 10.0 Å². The molecule has 2 N–H and O–H groups in total. The van der Waals surface area contributed by atoms with E-state index in [0.29, 0.717) is 18.4 Å². The molecule has 30 heavy (non-hydrogen) atoms. The lowest BCUT2D eigenvalue weighted by Gasteiger charge is -2.21. The summed E-state index contributed by atoms with van der Waals surface area (Å²) in [5, 5.41) is 2.84. The molecule has 0 spiro atoms. The van der Waals surface area contributed by atoms with Crippen molar-refractivity contribution in [1.82, 2.24) is 14.9 Å². The average molecular weight is 440 g/mol. The number of carbonyl (C=O) groups excluding carboxylic acids is 2. The average Bonchev–Trinajstić information content (AvgIpc) is 2.65. The molecule has 0 aliphatic rings. The van der Waals surface area contributed by atoms with Crippen LogP contribution in [0.2, 0.25) is 0 Å². The van der Waals surface area contributed by atoms with Crippen molar-refractivity contribution in [3.05, 3.63) is 35.4 Å². The highest BCUT2D eigenvalue weighted by Crippen LogP contribution is 2.13. The Labute approximate surface area is 181 Å². The van der Waals surface area contributed by atoms with Gasteiger partial charge in [-0.2, -0.15) is 0 Å². The van der Waals surface area contributed by atoms with Crippen LogP contribution in [0.5, 0.6) is 0 Å². The first kappa shape index (κ1) is 26.1. The Bertz CT molecular complexity index is 772. The molecule has 2 amide bonds. The lowest BCUT2D eigenvalue weighted by atomic mass is 10.1. The molecule has 1 rings (SSSR count). The highest BCUT2D eigenvalue weighted by Gasteiger charge is 2.16. The van der Waals surface area contributed by atoms with Crippen LogP contribution in [-0.4, -0.2) is 44.3 Å². The van der Waals surface area contributed by atoms with Crippen molar-refractivity contribution in [2.45, 2.75) is 78.1 Å². The van der Waals surface area contributed by atoms with E-state index < -0.39 is 10.0 Å². The Morgan fingerprint density at radius 1 is 1.00 bits per heavy atom. The first-order valence-corrected chi connectivity index (χ1v) is 12.4. The molecular formula is C22H37N3O4S. The second-order valence-corrected chi connectivity index (χ2v) is 9.57. The minimum absolute atomic E-state index is 0.0969. The molecule has 0 saturated heterocycles. The van der Waals surface area contributed by atoms with E-state index in [0.717, 1.165) is 31.5 Å². The van der Waals surface area contributed by atoms with Gasteiger partial charge in [-0.05, 0) is 44.2 Å². The van der Waals surface area contributed by atoms with Crippen molar-refractivity contribution in [1.29, 1.82) is 0 Å². The van der Waals surface area contributed by atoms with Crippen LogP contribution >= 0.6 is 0 Å². The van der Waals surface area contributed by atoms with Gasteiger partial charge < -0.3 is 10.2 Å². The molecule has 0 atom stereocenters. The molecule has 0 unspecified atom stereocenters. The third-order valence-electron chi connectivity index (χ3n) is 4.49. The fourth-order valence-corrected chi connectivity index (χ4v) is 4.71. The first-order chi connectivity index (χ1) is 14.2. The number of sulfonamides is 1. The van der Waals surface area contributed by atoms with Crippen LogP contribution in [0.4, 0.5) is 0 Å². The Balaban J connectivity index is 2.53. The summed E-state index contributed by atoms with van der Waals surface area (Å²) in [6, 6.07) is 7.01. The van der Waals surface area contributed by atoms with Crippen molar-refractivity contribution in [3.63, 3.8) is 0 Å². The monoisotopic (exact) mass is 439 g/mol. The van der Waals surface area contributed by atoms with Crippen molar-refractivity contribution in [3.8, 4) is 0 Å². The van der Waals surface area contributed by atoms with Gasteiger partial charge in [0.1, 0.15) is 0 Å². The van der Waals surface area contributed by atoms with Crippen LogP contribution in [0, 0.1) is 0 Å². The molecule has 7 nitrogen and oxygen atoms in total. The lowest BCUT2D eigenvalue weighted by Crippen LogP contribution is -2.32. The summed E-state index contributed by atoms with van der Waals surface area (Å²) in [6.07, 6.45) is 2.99. The smallest absolute Gasteiger partial charge is 0.222 e. The number of amides is 2. The maximum Gasteiger partial charge on any atom is 0.222 e. The summed E-state index contributed by atoms with van der Waals surface area (Å²) < 4.78 is 27.0. The van der Waals surface area contributed by atoms with Crippen molar-refractivity contribution in [2.75, 3.05) is 13.1 Å². The van der Waals surface area contributed by atoms with Crippen LogP contribution in [-0.2, 0) is 31.9 Å². The Hall–Kier alpha value is -1.93.